The molecule has 0 fully saturated rings. The Kier molecular flexibility index (Phi) is 7.02. The molecule has 0 aromatic heterocycles. The first-order valence-electron chi connectivity index (χ1n) is 8.42. The first-order chi connectivity index (χ1) is 12.5. The molecule has 0 saturated carbocycles. The fourth-order valence-electron chi connectivity index (χ4n) is 2.43. The topological polar surface area (TPSA) is 76.1 Å². The second-order valence-electron chi connectivity index (χ2n) is 5.74. The van der Waals surface area contributed by atoms with E-state index in [0.29, 0.717) is 30.2 Å². The molecule has 1 amide bonds. The molecule has 0 bridgehead atoms. The highest BCUT2D eigenvalue weighted by atomic mass is 16.5. The van der Waals surface area contributed by atoms with Crippen molar-refractivity contribution in [2.45, 2.75) is 13.3 Å². The first kappa shape index (κ1) is 19.3. The minimum Gasteiger partial charge on any atom is -0.490 e. The largest absolute Gasteiger partial charge is 0.490 e. The van der Waals surface area contributed by atoms with Gasteiger partial charge in [0.05, 0.1) is 6.61 Å². The van der Waals surface area contributed by atoms with E-state index in [1.54, 1.807) is 37.1 Å². The monoisotopic (exact) mass is 357 g/mol. The lowest BCUT2D eigenvalue weighted by Gasteiger charge is -2.18. The Bertz CT molecular complexity index is 745. The van der Waals surface area contributed by atoms with Crippen molar-refractivity contribution in [2.75, 3.05) is 26.8 Å². The van der Waals surface area contributed by atoms with Gasteiger partial charge >= 0.3 is 5.97 Å². The van der Waals surface area contributed by atoms with Crippen molar-refractivity contribution in [3.05, 3.63) is 59.7 Å². The van der Waals surface area contributed by atoms with Crippen molar-refractivity contribution in [3.8, 4) is 11.5 Å². The molecule has 0 unspecified atom stereocenters. The molecule has 0 radical (unpaired) electrons. The van der Waals surface area contributed by atoms with Crippen LogP contribution < -0.4 is 9.47 Å². The van der Waals surface area contributed by atoms with Gasteiger partial charge in [-0.25, -0.2) is 4.79 Å². The Labute approximate surface area is 153 Å². The van der Waals surface area contributed by atoms with Crippen molar-refractivity contribution in [3.63, 3.8) is 0 Å². The molecule has 0 spiro atoms. The summed E-state index contributed by atoms with van der Waals surface area (Å²) in [6.07, 6.45) is 0.765. The minimum atomic E-state index is -1.08. The summed E-state index contributed by atoms with van der Waals surface area (Å²) in [6.45, 7) is 2.31. The van der Waals surface area contributed by atoms with Crippen LogP contribution in [0.15, 0.2) is 48.5 Å². The van der Waals surface area contributed by atoms with Gasteiger partial charge in [-0.2, -0.15) is 0 Å². The summed E-state index contributed by atoms with van der Waals surface area (Å²) in [4.78, 5) is 25.0. The average molecular weight is 357 g/mol. The highest BCUT2D eigenvalue weighted by Gasteiger charge is 2.16. The maximum Gasteiger partial charge on any atom is 0.341 e. The van der Waals surface area contributed by atoms with E-state index in [1.165, 1.54) is 5.56 Å². The molecule has 2 rings (SSSR count). The normalized spacial score (nSPS) is 10.2. The van der Waals surface area contributed by atoms with Crippen LogP contribution in [0.2, 0.25) is 0 Å². The third kappa shape index (κ3) is 5.51. The number of carboxylic acid groups (broad SMARTS) is 1. The molecular formula is C20H23NO5. The van der Waals surface area contributed by atoms with Gasteiger partial charge in [0.25, 0.3) is 5.91 Å². The molecule has 0 aliphatic rings. The maximum absolute atomic E-state index is 12.6. The number of carbonyl (C=O) groups is 2. The summed E-state index contributed by atoms with van der Waals surface area (Å²) in [5.41, 5.74) is 1.63. The van der Waals surface area contributed by atoms with E-state index in [1.807, 2.05) is 30.3 Å². The van der Waals surface area contributed by atoms with E-state index in [0.717, 1.165) is 6.42 Å². The number of ether oxygens (including phenoxy) is 2. The summed E-state index contributed by atoms with van der Waals surface area (Å²) in [7, 11) is 1.75. The zero-order valence-electron chi connectivity index (χ0n) is 15.0. The van der Waals surface area contributed by atoms with E-state index in [4.69, 9.17) is 14.6 Å². The minimum absolute atomic E-state index is 0.133. The highest BCUT2D eigenvalue weighted by molar-refractivity contribution is 5.94. The number of amides is 1. The Balaban J connectivity index is 2.06. The molecule has 26 heavy (non-hydrogen) atoms. The molecule has 138 valence electrons. The molecule has 6 heteroatoms. The second-order valence-corrected chi connectivity index (χ2v) is 5.74. The van der Waals surface area contributed by atoms with E-state index in [9.17, 15) is 9.59 Å². The summed E-state index contributed by atoms with van der Waals surface area (Å²) in [5, 5.41) is 8.74. The molecule has 1 N–H and O–H groups in total. The van der Waals surface area contributed by atoms with Gasteiger partial charge in [-0.3, -0.25) is 4.79 Å². The highest BCUT2D eigenvalue weighted by Crippen LogP contribution is 2.29. The molecule has 0 aliphatic carbocycles. The van der Waals surface area contributed by atoms with Gasteiger partial charge in [0.2, 0.25) is 0 Å². The molecule has 2 aromatic rings. The Morgan fingerprint density at radius 2 is 1.77 bits per heavy atom. The van der Waals surface area contributed by atoms with Crippen LogP contribution in [0.1, 0.15) is 22.8 Å². The Hall–Kier alpha value is -3.02. The van der Waals surface area contributed by atoms with Gasteiger partial charge in [0.1, 0.15) is 0 Å². The maximum atomic E-state index is 12.6. The standard InChI is InChI=1S/C20H23NO5/c1-3-25-18-13-16(9-10-17(18)26-14-19(22)23)20(24)21(2)12-11-15-7-5-4-6-8-15/h4-10,13H,3,11-12,14H2,1-2H3,(H,22,23). The summed E-state index contributed by atoms with van der Waals surface area (Å²) >= 11 is 0. The zero-order valence-corrected chi connectivity index (χ0v) is 15.0. The Morgan fingerprint density at radius 3 is 2.42 bits per heavy atom. The van der Waals surface area contributed by atoms with Crippen molar-refractivity contribution >= 4 is 11.9 Å². The number of hydrogen-bond donors (Lipinski definition) is 1. The van der Waals surface area contributed by atoms with E-state index in [-0.39, 0.29) is 5.91 Å². The average Bonchev–Trinajstić information content (AvgIpc) is 2.65. The molecule has 2 aromatic carbocycles. The summed E-state index contributed by atoms with van der Waals surface area (Å²) in [5.74, 6) is -0.547. The van der Waals surface area contributed by atoms with Gasteiger partial charge in [-0.15, -0.1) is 0 Å². The molecule has 0 aliphatic heterocycles. The van der Waals surface area contributed by atoms with Crippen molar-refractivity contribution in [1.29, 1.82) is 0 Å². The van der Waals surface area contributed by atoms with Gasteiger partial charge in [-0.05, 0) is 37.1 Å². The van der Waals surface area contributed by atoms with Crippen LogP contribution in [0.25, 0.3) is 0 Å². The lowest BCUT2D eigenvalue weighted by molar-refractivity contribution is -0.139. The van der Waals surface area contributed by atoms with Crippen molar-refractivity contribution < 1.29 is 24.2 Å². The predicted octanol–water partition coefficient (Wildman–Crippen LogP) is 2.86. The van der Waals surface area contributed by atoms with Gasteiger partial charge in [0.15, 0.2) is 18.1 Å². The quantitative estimate of drug-likeness (QED) is 0.747. The Morgan fingerprint density at radius 1 is 1.04 bits per heavy atom. The number of nitrogens with zero attached hydrogens (tertiary/aromatic N) is 1. The SMILES string of the molecule is CCOc1cc(C(=O)N(C)CCc2ccccc2)ccc1OCC(=O)O. The number of likely N-dealkylation sites (N-methyl/N-ethyl adjacent to an activating group) is 1. The lowest BCUT2D eigenvalue weighted by Crippen LogP contribution is -2.28. The van der Waals surface area contributed by atoms with Gasteiger partial charge < -0.3 is 19.5 Å². The summed E-state index contributed by atoms with van der Waals surface area (Å²) in [6, 6.07) is 14.7. The lowest BCUT2D eigenvalue weighted by atomic mass is 10.1. The van der Waals surface area contributed by atoms with Crippen LogP contribution in [0.3, 0.4) is 0 Å². The molecule has 6 nitrogen and oxygen atoms in total. The van der Waals surface area contributed by atoms with Crippen LogP contribution in [-0.4, -0.2) is 48.7 Å². The number of hydrogen-bond acceptors (Lipinski definition) is 4. The number of carboxylic acids is 1. The first-order valence-corrected chi connectivity index (χ1v) is 8.42. The third-order valence-corrected chi connectivity index (χ3v) is 3.77. The fraction of sp³-hybridized carbons (Fsp3) is 0.300. The van der Waals surface area contributed by atoms with Gasteiger partial charge in [0, 0.05) is 19.2 Å². The van der Waals surface area contributed by atoms with Crippen LogP contribution in [0, 0.1) is 0 Å². The molecule has 0 heterocycles. The van der Waals surface area contributed by atoms with Gasteiger partial charge in [-0.1, -0.05) is 30.3 Å². The van der Waals surface area contributed by atoms with Crippen molar-refractivity contribution in [2.24, 2.45) is 0 Å². The van der Waals surface area contributed by atoms with E-state index in [2.05, 4.69) is 0 Å². The molecular weight excluding hydrogens is 334 g/mol. The van der Waals surface area contributed by atoms with Crippen molar-refractivity contribution in [1.82, 2.24) is 4.90 Å². The molecule has 0 atom stereocenters. The zero-order chi connectivity index (χ0) is 18.9. The predicted molar refractivity (Wildman–Crippen MR) is 97.8 cm³/mol. The number of rotatable bonds is 9. The number of benzene rings is 2. The van der Waals surface area contributed by atoms with Crippen LogP contribution >= 0.6 is 0 Å². The fourth-order valence-corrected chi connectivity index (χ4v) is 2.43. The smallest absolute Gasteiger partial charge is 0.341 e. The second kappa shape index (κ2) is 9.46. The molecule has 0 saturated heterocycles. The number of carbonyl (C=O) groups excluding carboxylic acids is 1. The van der Waals surface area contributed by atoms with Crippen LogP contribution in [-0.2, 0) is 11.2 Å². The van der Waals surface area contributed by atoms with Crippen LogP contribution in [0.5, 0.6) is 11.5 Å². The summed E-state index contributed by atoms with van der Waals surface area (Å²) < 4.78 is 10.7. The third-order valence-electron chi connectivity index (χ3n) is 3.77. The van der Waals surface area contributed by atoms with E-state index >= 15 is 0 Å². The van der Waals surface area contributed by atoms with Crippen LogP contribution in [0.4, 0.5) is 0 Å². The number of aliphatic carboxylic acids is 1. The van der Waals surface area contributed by atoms with E-state index < -0.39 is 12.6 Å².